The maximum absolute atomic E-state index is 10.3. The molecule has 1 saturated heterocycles. The maximum atomic E-state index is 10.3. The molecule has 0 bridgehead atoms. The number of hydrogen-bond acceptors (Lipinski definition) is 5. The van der Waals surface area contributed by atoms with Crippen LogP contribution in [0.4, 0.5) is 0 Å². The Hall–Kier alpha value is -1.86. The summed E-state index contributed by atoms with van der Waals surface area (Å²) in [5.41, 5.74) is 1.07. The molecular weight excluding hydrogens is 306 g/mol. The van der Waals surface area contributed by atoms with Crippen LogP contribution in [0.2, 0.25) is 0 Å². The smallest absolute Gasteiger partial charge is 0.157 e. The van der Waals surface area contributed by atoms with Gasteiger partial charge in [0.2, 0.25) is 0 Å². The van der Waals surface area contributed by atoms with Crippen LogP contribution >= 0.6 is 0 Å². The first-order valence-electron chi connectivity index (χ1n) is 8.77. The van der Waals surface area contributed by atoms with E-state index in [2.05, 4.69) is 26.9 Å². The zero-order chi connectivity index (χ0) is 16.5. The van der Waals surface area contributed by atoms with Crippen LogP contribution < -0.4 is 4.74 Å². The standard InChI is InChI=1S/C17H25N5O2/c1-20-10-15(8-18-20)24-17-12-21(11-16(17)23)9-13-6-7-22(19-13)14-4-2-3-5-14/h6-8,10,14,16-17,23H,2-5,9,11-12H2,1H3/t16-,17-/m1/s1. The number of nitrogens with zero attached hydrogens (tertiary/aromatic N) is 5. The molecule has 1 saturated carbocycles. The van der Waals surface area contributed by atoms with E-state index < -0.39 is 6.10 Å². The Morgan fingerprint density at radius 2 is 2.12 bits per heavy atom. The Kier molecular flexibility index (Phi) is 4.28. The largest absolute Gasteiger partial charge is 0.483 e. The van der Waals surface area contributed by atoms with Crippen molar-refractivity contribution in [2.45, 2.75) is 50.5 Å². The molecule has 2 aromatic rings. The van der Waals surface area contributed by atoms with Crippen LogP contribution in [0.1, 0.15) is 37.4 Å². The third kappa shape index (κ3) is 3.32. The third-order valence-corrected chi connectivity index (χ3v) is 5.03. The molecule has 2 aliphatic rings. The Bertz CT molecular complexity index is 676. The second-order valence-corrected chi connectivity index (χ2v) is 6.99. The number of hydrogen-bond donors (Lipinski definition) is 1. The molecule has 4 rings (SSSR count). The second-order valence-electron chi connectivity index (χ2n) is 6.99. The van der Waals surface area contributed by atoms with E-state index in [1.165, 1.54) is 25.7 Å². The average molecular weight is 331 g/mol. The first-order chi connectivity index (χ1) is 11.7. The predicted octanol–water partition coefficient (Wildman–Crippen LogP) is 1.36. The van der Waals surface area contributed by atoms with Crippen molar-refractivity contribution >= 4 is 0 Å². The molecule has 7 heteroatoms. The molecule has 1 aliphatic heterocycles. The molecule has 7 nitrogen and oxygen atoms in total. The average Bonchev–Trinajstić information content (AvgIpc) is 3.29. The van der Waals surface area contributed by atoms with Gasteiger partial charge in [-0.1, -0.05) is 12.8 Å². The van der Waals surface area contributed by atoms with Gasteiger partial charge < -0.3 is 9.84 Å². The van der Waals surface area contributed by atoms with Gasteiger partial charge in [0.15, 0.2) is 5.75 Å². The van der Waals surface area contributed by atoms with Crippen molar-refractivity contribution in [2.24, 2.45) is 7.05 Å². The number of aromatic nitrogens is 4. The summed E-state index contributed by atoms with van der Waals surface area (Å²) in [7, 11) is 1.85. The first-order valence-corrected chi connectivity index (χ1v) is 8.77. The topological polar surface area (TPSA) is 68.3 Å². The summed E-state index contributed by atoms with van der Waals surface area (Å²) in [6, 6.07) is 2.67. The molecule has 130 valence electrons. The molecular formula is C17H25N5O2. The van der Waals surface area contributed by atoms with E-state index >= 15 is 0 Å². The van der Waals surface area contributed by atoms with Gasteiger partial charge in [-0.15, -0.1) is 0 Å². The van der Waals surface area contributed by atoms with Gasteiger partial charge in [-0.05, 0) is 18.9 Å². The predicted molar refractivity (Wildman–Crippen MR) is 88.6 cm³/mol. The van der Waals surface area contributed by atoms with Gasteiger partial charge in [0.05, 0.1) is 24.1 Å². The van der Waals surface area contributed by atoms with E-state index in [4.69, 9.17) is 9.84 Å². The monoisotopic (exact) mass is 331 g/mol. The number of rotatable bonds is 5. The van der Waals surface area contributed by atoms with Crippen molar-refractivity contribution in [3.63, 3.8) is 0 Å². The molecule has 0 spiro atoms. The molecule has 1 aliphatic carbocycles. The molecule has 24 heavy (non-hydrogen) atoms. The quantitative estimate of drug-likeness (QED) is 0.896. The van der Waals surface area contributed by atoms with E-state index in [0.29, 0.717) is 24.9 Å². The fourth-order valence-corrected chi connectivity index (χ4v) is 3.78. The van der Waals surface area contributed by atoms with Gasteiger partial charge in [0.1, 0.15) is 12.2 Å². The summed E-state index contributed by atoms with van der Waals surface area (Å²) in [5, 5.41) is 19.1. The Morgan fingerprint density at radius 3 is 2.88 bits per heavy atom. The van der Waals surface area contributed by atoms with Crippen LogP contribution in [-0.4, -0.2) is 54.9 Å². The summed E-state index contributed by atoms with van der Waals surface area (Å²) >= 11 is 0. The van der Waals surface area contributed by atoms with Crippen molar-refractivity contribution in [1.29, 1.82) is 0 Å². The van der Waals surface area contributed by atoms with Gasteiger partial charge in [-0.2, -0.15) is 10.2 Å². The number of aryl methyl sites for hydroxylation is 1. The number of aliphatic hydroxyl groups is 1. The van der Waals surface area contributed by atoms with Crippen LogP contribution in [0.3, 0.4) is 0 Å². The highest BCUT2D eigenvalue weighted by atomic mass is 16.5. The normalized spacial score (nSPS) is 25.6. The van der Waals surface area contributed by atoms with E-state index in [9.17, 15) is 5.11 Å². The molecule has 0 aromatic carbocycles. The van der Waals surface area contributed by atoms with E-state index in [0.717, 1.165) is 12.2 Å². The first kappa shape index (κ1) is 15.7. The number of likely N-dealkylation sites (tertiary alicyclic amines) is 1. The van der Waals surface area contributed by atoms with Gasteiger partial charge in [-0.25, -0.2) is 0 Å². The second kappa shape index (κ2) is 6.57. The molecule has 3 heterocycles. The highest BCUT2D eigenvalue weighted by Crippen LogP contribution is 2.29. The minimum absolute atomic E-state index is 0.217. The fraction of sp³-hybridized carbons (Fsp3) is 0.647. The molecule has 0 amide bonds. The maximum Gasteiger partial charge on any atom is 0.157 e. The molecule has 2 fully saturated rings. The number of aliphatic hydroxyl groups excluding tert-OH is 1. The van der Waals surface area contributed by atoms with Crippen molar-refractivity contribution in [3.8, 4) is 5.75 Å². The van der Waals surface area contributed by atoms with E-state index in [-0.39, 0.29) is 6.10 Å². The zero-order valence-corrected chi connectivity index (χ0v) is 14.1. The van der Waals surface area contributed by atoms with Crippen molar-refractivity contribution < 1.29 is 9.84 Å². The van der Waals surface area contributed by atoms with E-state index in [1.54, 1.807) is 10.9 Å². The lowest BCUT2D eigenvalue weighted by atomic mass is 10.3. The van der Waals surface area contributed by atoms with Gasteiger partial charge in [0.25, 0.3) is 0 Å². The number of ether oxygens (including phenoxy) is 1. The van der Waals surface area contributed by atoms with Crippen molar-refractivity contribution in [1.82, 2.24) is 24.5 Å². The van der Waals surface area contributed by atoms with Crippen molar-refractivity contribution in [3.05, 3.63) is 30.4 Å². The summed E-state index contributed by atoms with van der Waals surface area (Å²) in [6.07, 6.45) is 10.00. The summed E-state index contributed by atoms with van der Waals surface area (Å²) in [5.74, 6) is 0.703. The van der Waals surface area contributed by atoms with Crippen LogP contribution in [0.15, 0.2) is 24.7 Å². The molecule has 0 unspecified atom stereocenters. The number of β-amino-alcohol motifs (C(OH)–C–C–N with tert-alkyl or cyclic N) is 1. The van der Waals surface area contributed by atoms with Crippen LogP contribution in [0.25, 0.3) is 0 Å². The van der Waals surface area contributed by atoms with Gasteiger partial charge >= 0.3 is 0 Å². The molecule has 2 aromatic heterocycles. The summed E-state index contributed by atoms with van der Waals surface area (Å²) in [6.45, 7) is 2.07. The summed E-state index contributed by atoms with van der Waals surface area (Å²) < 4.78 is 9.68. The highest BCUT2D eigenvalue weighted by molar-refractivity contribution is 5.13. The fourth-order valence-electron chi connectivity index (χ4n) is 3.78. The van der Waals surface area contributed by atoms with Crippen molar-refractivity contribution in [2.75, 3.05) is 13.1 Å². The van der Waals surface area contributed by atoms with Gasteiger partial charge in [0, 0.05) is 32.9 Å². The highest BCUT2D eigenvalue weighted by Gasteiger charge is 2.33. The third-order valence-electron chi connectivity index (χ3n) is 5.03. The van der Waals surface area contributed by atoms with Gasteiger partial charge in [-0.3, -0.25) is 14.3 Å². The zero-order valence-electron chi connectivity index (χ0n) is 14.1. The molecule has 2 atom stereocenters. The lowest BCUT2D eigenvalue weighted by molar-refractivity contribution is 0.0736. The van der Waals surface area contributed by atoms with Crippen LogP contribution in [0.5, 0.6) is 5.75 Å². The SMILES string of the molecule is Cn1cc(O[C@@H]2CN(Cc3ccn(C4CCCC4)n3)C[C@H]2O)cn1. The van der Waals surface area contributed by atoms with Crippen LogP contribution in [-0.2, 0) is 13.6 Å². The minimum atomic E-state index is -0.484. The Balaban J connectivity index is 1.34. The summed E-state index contributed by atoms with van der Waals surface area (Å²) in [4.78, 5) is 2.20. The van der Waals surface area contributed by atoms with Crippen LogP contribution in [0, 0.1) is 0 Å². The molecule has 1 N–H and O–H groups in total. The Labute approximate surface area is 141 Å². The lowest BCUT2D eigenvalue weighted by Gasteiger charge is -2.15. The van der Waals surface area contributed by atoms with E-state index in [1.807, 2.05) is 13.2 Å². The Morgan fingerprint density at radius 1 is 1.29 bits per heavy atom. The molecule has 0 radical (unpaired) electrons. The lowest BCUT2D eigenvalue weighted by Crippen LogP contribution is -2.29. The minimum Gasteiger partial charge on any atom is -0.483 e.